The molecule has 5 heteroatoms. The molecular weight excluding hydrogens is 334 g/mol. The minimum Gasteiger partial charge on any atom is -0.480 e. The highest BCUT2D eigenvalue weighted by Gasteiger charge is 2.44. The van der Waals surface area contributed by atoms with Crippen LogP contribution in [-0.4, -0.2) is 29.1 Å². The van der Waals surface area contributed by atoms with Crippen LogP contribution in [0.25, 0.3) is 11.0 Å². The standard InChI is InChI=1S/C16H18BrNO3/c1-16(15(19)20,18-7-3-2-4-8-18)14-10-11-9-12(17)5-6-13(11)21-14/h5-6,9-10H,2-4,7-8H2,1H3,(H,19,20). The average Bonchev–Trinajstić information content (AvgIpc) is 2.90. The lowest BCUT2D eigenvalue weighted by Gasteiger charge is -2.38. The molecule has 21 heavy (non-hydrogen) atoms. The number of rotatable bonds is 3. The van der Waals surface area contributed by atoms with Crippen molar-refractivity contribution in [3.05, 3.63) is 34.5 Å². The Morgan fingerprint density at radius 3 is 2.67 bits per heavy atom. The van der Waals surface area contributed by atoms with Crippen molar-refractivity contribution >= 4 is 32.9 Å². The van der Waals surface area contributed by atoms with E-state index in [0.717, 1.165) is 41.4 Å². The molecule has 1 aliphatic heterocycles. The fourth-order valence-electron chi connectivity index (χ4n) is 2.99. The van der Waals surface area contributed by atoms with Gasteiger partial charge in [0.15, 0.2) is 5.54 Å². The van der Waals surface area contributed by atoms with Gasteiger partial charge in [0.1, 0.15) is 11.3 Å². The summed E-state index contributed by atoms with van der Waals surface area (Å²) < 4.78 is 6.82. The summed E-state index contributed by atoms with van der Waals surface area (Å²) in [6.07, 6.45) is 3.24. The van der Waals surface area contributed by atoms with Gasteiger partial charge in [-0.2, -0.15) is 0 Å². The number of piperidine rings is 1. The second-order valence-corrected chi connectivity index (χ2v) is 6.63. The summed E-state index contributed by atoms with van der Waals surface area (Å²) in [5, 5.41) is 10.7. The van der Waals surface area contributed by atoms with Crippen LogP contribution in [0.2, 0.25) is 0 Å². The van der Waals surface area contributed by atoms with E-state index in [4.69, 9.17) is 4.42 Å². The monoisotopic (exact) mass is 351 g/mol. The maximum Gasteiger partial charge on any atom is 0.331 e. The first-order chi connectivity index (χ1) is 10.0. The molecule has 0 saturated carbocycles. The van der Waals surface area contributed by atoms with Gasteiger partial charge in [-0.25, -0.2) is 4.79 Å². The van der Waals surface area contributed by atoms with Crippen LogP contribution in [-0.2, 0) is 10.3 Å². The zero-order valence-corrected chi connectivity index (χ0v) is 13.5. The largest absolute Gasteiger partial charge is 0.480 e. The molecule has 0 amide bonds. The van der Waals surface area contributed by atoms with E-state index in [1.807, 2.05) is 29.2 Å². The molecule has 1 unspecified atom stereocenters. The zero-order valence-electron chi connectivity index (χ0n) is 11.9. The molecule has 3 rings (SSSR count). The van der Waals surface area contributed by atoms with Gasteiger partial charge < -0.3 is 9.52 Å². The lowest BCUT2D eigenvalue weighted by atomic mass is 9.93. The van der Waals surface area contributed by atoms with E-state index in [0.29, 0.717) is 5.76 Å². The van der Waals surface area contributed by atoms with E-state index in [9.17, 15) is 9.90 Å². The van der Waals surface area contributed by atoms with E-state index < -0.39 is 11.5 Å². The zero-order chi connectivity index (χ0) is 15.0. The normalized spacial score (nSPS) is 19.5. The summed E-state index contributed by atoms with van der Waals surface area (Å²) in [5.41, 5.74) is -0.385. The Morgan fingerprint density at radius 2 is 2.00 bits per heavy atom. The quantitative estimate of drug-likeness (QED) is 0.908. The molecular formula is C16H18BrNO3. The molecule has 1 saturated heterocycles. The number of benzene rings is 1. The summed E-state index contributed by atoms with van der Waals surface area (Å²) in [4.78, 5) is 14.0. The molecule has 2 heterocycles. The van der Waals surface area contributed by atoms with Crippen molar-refractivity contribution in [1.29, 1.82) is 0 Å². The number of hydrogen-bond donors (Lipinski definition) is 1. The van der Waals surface area contributed by atoms with E-state index in [1.165, 1.54) is 6.42 Å². The molecule has 1 aliphatic rings. The molecule has 0 spiro atoms. The van der Waals surface area contributed by atoms with Gasteiger partial charge in [0.2, 0.25) is 0 Å². The number of nitrogens with zero attached hydrogens (tertiary/aromatic N) is 1. The third-order valence-corrected chi connectivity index (χ3v) is 4.86. The second-order valence-electron chi connectivity index (χ2n) is 5.72. The number of hydrogen-bond acceptors (Lipinski definition) is 3. The van der Waals surface area contributed by atoms with Crippen LogP contribution in [0, 0.1) is 0 Å². The van der Waals surface area contributed by atoms with E-state index in [-0.39, 0.29) is 0 Å². The van der Waals surface area contributed by atoms with Crippen LogP contribution < -0.4 is 0 Å². The van der Waals surface area contributed by atoms with Crippen molar-refractivity contribution in [3.8, 4) is 0 Å². The van der Waals surface area contributed by atoms with Gasteiger partial charge in [0.05, 0.1) is 0 Å². The third kappa shape index (κ3) is 2.49. The van der Waals surface area contributed by atoms with Gasteiger partial charge in [-0.05, 0) is 57.1 Å². The van der Waals surface area contributed by atoms with Crippen molar-refractivity contribution in [3.63, 3.8) is 0 Å². The Balaban J connectivity index is 2.07. The number of carboxylic acids is 1. The minimum absolute atomic E-state index is 0.505. The molecule has 0 bridgehead atoms. The lowest BCUT2D eigenvalue weighted by molar-refractivity contribution is -0.153. The summed E-state index contributed by atoms with van der Waals surface area (Å²) in [5.74, 6) is -0.354. The highest BCUT2D eigenvalue weighted by Crippen LogP contribution is 2.35. The molecule has 4 nitrogen and oxygen atoms in total. The van der Waals surface area contributed by atoms with Gasteiger partial charge in [-0.1, -0.05) is 22.4 Å². The van der Waals surface area contributed by atoms with E-state index >= 15 is 0 Å². The highest BCUT2D eigenvalue weighted by molar-refractivity contribution is 9.10. The van der Waals surface area contributed by atoms with Crippen LogP contribution in [0.1, 0.15) is 31.9 Å². The highest BCUT2D eigenvalue weighted by atomic mass is 79.9. The van der Waals surface area contributed by atoms with Gasteiger partial charge >= 0.3 is 5.97 Å². The molecule has 1 atom stereocenters. The molecule has 0 radical (unpaired) electrons. The van der Waals surface area contributed by atoms with Gasteiger partial charge in [-0.15, -0.1) is 0 Å². The third-order valence-electron chi connectivity index (χ3n) is 4.36. The van der Waals surface area contributed by atoms with Gasteiger partial charge in [-0.3, -0.25) is 4.90 Å². The topological polar surface area (TPSA) is 53.7 Å². The Kier molecular flexibility index (Phi) is 3.80. The SMILES string of the molecule is CC(C(=O)O)(c1cc2cc(Br)ccc2o1)N1CCCCC1. The first kappa shape index (κ1) is 14.6. The summed E-state index contributed by atoms with van der Waals surface area (Å²) in [7, 11) is 0. The van der Waals surface area contributed by atoms with Crippen molar-refractivity contribution < 1.29 is 14.3 Å². The number of carbonyl (C=O) groups is 1. The molecule has 2 aromatic rings. The summed E-state index contributed by atoms with van der Waals surface area (Å²) >= 11 is 3.43. The van der Waals surface area contributed by atoms with Gasteiger partial charge in [0.25, 0.3) is 0 Å². The lowest BCUT2D eigenvalue weighted by Crippen LogP contribution is -2.51. The molecule has 0 aliphatic carbocycles. The van der Waals surface area contributed by atoms with E-state index in [2.05, 4.69) is 15.9 Å². The van der Waals surface area contributed by atoms with Crippen molar-refractivity contribution in [2.75, 3.05) is 13.1 Å². The van der Waals surface area contributed by atoms with Crippen molar-refractivity contribution in [2.45, 2.75) is 31.7 Å². The minimum atomic E-state index is -1.11. The summed E-state index contributed by atoms with van der Waals surface area (Å²) in [6.45, 7) is 3.33. The second kappa shape index (κ2) is 5.46. The van der Waals surface area contributed by atoms with Crippen molar-refractivity contribution in [1.82, 2.24) is 4.90 Å². The molecule has 1 aromatic carbocycles. The maximum absolute atomic E-state index is 12.0. The number of carboxylic acid groups (broad SMARTS) is 1. The molecule has 1 aromatic heterocycles. The summed E-state index contributed by atoms with van der Waals surface area (Å²) in [6, 6.07) is 7.56. The maximum atomic E-state index is 12.0. The Hall–Kier alpha value is -1.33. The predicted molar refractivity (Wildman–Crippen MR) is 84.3 cm³/mol. The Morgan fingerprint density at radius 1 is 1.29 bits per heavy atom. The van der Waals surface area contributed by atoms with Crippen LogP contribution in [0.4, 0.5) is 0 Å². The van der Waals surface area contributed by atoms with Crippen LogP contribution >= 0.6 is 15.9 Å². The Bertz CT molecular complexity index is 675. The number of aliphatic carboxylic acids is 1. The molecule has 1 fully saturated rings. The molecule has 112 valence electrons. The van der Waals surface area contributed by atoms with E-state index in [1.54, 1.807) is 6.92 Å². The number of furan rings is 1. The van der Waals surface area contributed by atoms with Gasteiger partial charge in [0, 0.05) is 9.86 Å². The average molecular weight is 352 g/mol. The first-order valence-electron chi connectivity index (χ1n) is 7.20. The van der Waals surface area contributed by atoms with Crippen molar-refractivity contribution in [2.24, 2.45) is 0 Å². The van der Waals surface area contributed by atoms with Crippen LogP contribution in [0.5, 0.6) is 0 Å². The van der Waals surface area contributed by atoms with Crippen LogP contribution in [0.3, 0.4) is 0 Å². The first-order valence-corrected chi connectivity index (χ1v) is 7.99. The fraction of sp³-hybridized carbons (Fsp3) is 0.438. The smallest absolute Gasteiger partial charge is 0.331 e. The van der Waals surface area contributed by atoms with Crippen LogP contribution in [0.15, 0.2) is 33.2 Å². The number of fused-ring (bicyclic) bond motifs is 1. The number of halogens is 1. The molecule has 1 N–H and O–H groups in total. The predicted octanol–water partition coefficient (Wildman–Crippen LogP) is 3.98. The Labute approximate surface area is 131 Å². The number of likely N-dealkylation sites (tertiary alicyclic amines) is 1. The fourth-order valence-corrected chi connectivity index (χ4v) is 3.37.